The van der Waals surface area contributed by atoms with Crippen LogP contribution < -0.4 is 0 Å². The smallest absolute Gasteiger partial charge is 0.150 e. The van der Waals surface area contributed by atoms with Crippen LogP contribution >= 0.6 is 0 Å². The monoisotopic (exact) mass is 258 g/mol. The van der Waals surface area contributed by atoms with E-state index in [4.69, 9.17) is 4.74 Å². The van der Waals surface area contributed by atoms with Crippen LogP contribution in [0.5, 0.6) is 0 Å². The number of ether oxygens (including phenoxy) is 1. The molecule has 2 aromatic rings. The number of rotatable bonds is 5. The summed E-state index contributed by atoms with van der Waals surface area (Å²) in [5.41, 5.74) is 2.80. The molecule has 2 aromatic carbocycles. The Morgan fingerprint density at radius 2 is 1.89 bits per heavy atom. The zero-order valence-electron chi connectivity index (χ0n) is 10.7. The average molecular weight is 258 g/mol. The Kier molecular flexibility index (Phi) is 4.42. The minimum atomic E-state index is -0.380. The molecule has 0 fully saturated rings. The van der Waals surface area contributed by atoms with Crippen molar-refractivity contribution in [1.29, 1.82) is 0 Å². The van der Waals surface area contributed by atoms with E-state index in [-0.39, 0.29) is 5.82 Å². The summed E-state index contributed by atoms with van der Waals surface area (Å²) in [5.74, 6) is -0.380. The minimum Gasteiger partial charge on any atom is -0.384 e. The van der Waals surface area contributed by atoms with Gasteiger partial charge in [-0.3, -0.25) is 4.79 Å². The first kappa shape index (κ1) is 13.4. The van der Waals surface area contributed by atoms with E-state index in [0.29, 0.717) is 24.0 Å². The maximum Gasteiger partial charge on any atom is 0.150 e. The third-order valence-corrected chi connectivity index (χ3v) is 2.99. The number of hydrogen-bond acceptors (Lipinski definition) is 2. The van der Waals surface area contributed by atoms with Gasteiger partial charge in [0.1, 0.15) is 12.1 Å². The lowest BCUT2D eigenvalue weighted by molar-refractivity contribution is 0.112. The molecular weight excluding hydrogens is 243 g/mol. The molecule has 0 N–H and O–H groups in total. The lowest BCUT2D eigenvalue weighted by atomic mass is 10.0. The van der Waals surface area contributed by atoms with Gasteiger partial charge in [0, 0.05) is 18.2 Å². The molecule has 2 rings (SSSR count). The number of hydrogen-bond donors (Lipinski definition) is 0. The van der Waals surface area contributed by atoms with Crippen molar-refractivity contribution in [1.82, 2.24) is 0 Å². The maximum atomic E-state index is 13.8. The fourth-order valence-electron chi connectivity index (χ4n) is 1.91. The molecule has 0 saturated carbocycles. The predicted molar refractivity (Wildman–Crippen MR) is 72.8 cm³/mol. The van der Waals surface area contributed by atoms with Crippen LogP contribution in [0, 0.1) is 5.82 Å². The van der Waals surface area contributed by atoms with Gasteiger partial charge in [0.05, 0.1) is 6.61 Å². The van der Waals surface area contributed by atoms with E-state index >= 15 is 0 Å². The number of halogens is 1. The zero-order chi connectivity index (χ0) is 13.7. The third kappa shape index (κ3) is 3.26. The van der Waals surface area contributed by atoms with Crippen LogP contribution in [0.25, 0.3) is 11.1 Å². The summed E-state index contributed by atoms with van der Waals surface area (Å²) >= 11 is 0. The van der Waals surface area contributed by atoms with Crippen molar-refractivity contribution >= 4 is 6.29 Å². The molecule has 0 aromatic heterocycles. The van der Waals surface area contributed by atoms with Crippen molar-refractivity contribution < 1.29 is 13.9 Å². The van der Waals surface area contributed by atoms with Gasteiger partial charge in [-0.1, -0.05) is 36.4 Å². The third-order valence-electron chi connectivity index (χ3n) is 2.99. The van der Waals surface area contributed by atoms with Crippen LogP contribution in [0.15, 0.2) is 42.5 Å². The Morgan fingerprint density at radius 3 is 2.47 bits per heavy atom. The predicted octanol–water partition coefficient (Wildman–Crippen LogP) is 3.49. The van der Waals surface area contributed by atoms with Gasteiger partial charge in [-0.25, -0.2) is 4.39 Å². The molecule has 0 amide bonds. The van der Waals surface area contributed by atoms with E-state index in [1.54, 1.807) is 19.2 Å². The van der Waals surface area contributed by atoms with Crippen molar-refractivity contribution in [2.24, 2.45) is 0 Å². The van der Waals surface area contributed by atoms with Crippen molar-refractivity contribution in [3.63, 3.8) is 0 Å². The van der Waals surface area contributed by atoms with Gasteiger partial charge >= 0.3 is 0 Å². The standard InChI is InChI=1S/C16H15FO2/c1-19-9-8-12-2-5-14(6-3-12)15-7-4-13(11-18)10-16(15)17/h2-7,10-11H,8-9H2,1H3. The van der Waals surface area contributed by atoms with E-state index in [1.165, 1.54) is 6.07 Å². The number of methoxy groups -OCH3 is 1. The molecule has 0 atom stereocenters. The summed E-state index contributed by atoms with van der Waals surface area (Å²) in [7, 11) is 1.67. The van der Waals surface area contributed by atoms with E-state index < -0.39 is 0 Å². The Bertz CT molecular complexity index is 561. The molecule has 0 aliphatic rings. The van der Waals surface area contributed by atoms with Gasteiger partial charge in [-0.05, 0) is 23.6 Å². The molecular formula is C16H15FO2. The van der Waals surface area contributed by atoms with Gasteiger partial charge in [-0.2, -0.15) is 0 Å². The molecule has 19 heavy (non-hydrogen) atoms. The second-order valence-corrected chi connectivity index (χ2v) is 4.30. The lowest BCUT2D eigenvalue weighted by Gasteiger charge is -2.06. The SMILES string of the molecule is COCCc1ccc(-c2ccc(C=O)cc2F)cc1. The fraction of sp³-hybridized carbons (Fsp3) is 0.188. The number of carbonyl (C=O) groups is 1. The van der Waals surface area contributed by atoms with Crippen molar-refractivity contribution in [3.8, 4) is 11.1 Å². The van der Waals surface area contributed by atoms with Crippen molar-refractivity contribution in [3.05, 3.63) is 59.4 Å². The molecule has 98 valence electrons. The maximum absolute atomic E-state index is 13.8. The molecule has 0 aliphatic heterocycles. The Balaban J connectivity index is 2.24. The molecule has 0 heterocycles. The molecule has 0 radical (unpaired) electrons. The lowest BCUT2D eigenvalue weighted by Crippen LogP contribution is -1.94. The Morgan fingerprint density at radius 1 is 1.16 bits per heavy atom. The fourth-order valence-corrected chi connectivity index (χ4v) is 1.91. The van der Waals surface area contributed by atoms with E-state index in [2.05, 4.69) is 0 Å². The first-order valence-electron chi connectivity index (χ1n) is 6.07. The molecule has 2 nitrogen and oxygen atoms in total. The molecule has 0 spiro atoms. The van der Waals surface area contributed by atoms with Crippen LogP contribution in [0.2, 0.25) is 0 Å². The number of carbonyl (C=O) groups excluding carboxylic acids is 1. The first-order valence-corrected chi connectivity index (χ1v) is 6.07. The normalized spacial score (nSPS) is 10.4. The zero-order valence-corrected chi connectivity index (χ0v) is 10.7. The topological polar surface area (TPSA) is 26.3 Å². The van der Waals surface area contributed by atoms with Crippen LogP contribution in [0.4, 0.5) is 4.39 Å². The second kappa shape index (κ2) is 6.25. The molecule has 3 heteroatoms. The summed E-state index contributed by atoms with van der Waals surface area (Å²) in [6, 6.07) is 12.2. The first-order chi connectivity index (χ1) is 9.24. The number of aldehydes is 1. The van der Waals surface area contributed by atoms with Crippen LogP contribution in [0.3, 0.4) is 0 Å². The van der Waals surface area contributed by atoms with Crippen molar-refractivity contribution in [2.75, 3.05) is 13.7 Å². The summed E-state index contributed by atoms with van der Waals surface area (Å²) in [6.07, 6.45) is 1.48. The largest absolute Gasteiger partial charge is 0.384 e. The van der Waals surface area contributed by atoms with Gasteiger partial charge in [-0.15, -0.1) is 0 Å². The quantitative estimate of drug-likeness (QED) is 0.767. The highest BCUT2D eigenvalue weighted by atomic mass is 19.1. The summed E-state index contributed by atoms with van der Waals surface area (Å²) in [4.78, 5) is 10.6. The van der Waals surface area contributed by atoms with E-state index in [9.17, 15) is 9.18 Å². The molecule has 0 aliphatic carbocycles. The van der Waals surface area contributed by atoms with Gasteiger partial charge in [0.25, 0.3) is 0 Å². The molecule has 0 unspecified atom stereocenters. The van der Waals surface area contributed by atoms with E-state index in [1.807, 2.05) is 24.3 Å². The summed E-state index contributed by atoms with van der Waals surface area (Å²) < 4.78 is 18.9. The van der Waals surface area contributed by atoms with Crippen molar-refractivity contribution in [2.45, 2.75) is 6.42 Å². The highest BCUT2D eigenvalue weighted by molar-refractivity contribution is 5.77. The molecule has 0 bridgehead atoms. The minimum absolute atomic E-state index is 0.345. The second-order valence-electron chi connectivity index (χ2n) is 4.30. The Labute approximate surface area is 111 Å². The van der Waals surface area contributed by atoms with Crippen LogP contribution in [-0.2, 0) is 11.2 Å². The summed E-state index contributed by atoms with van der Waals surface area (Å²) in [6.45, 7) is 0.668. The Hall–Kier alpha value is -2.00. The highest BCUT2D eigenvalue weighted by Crippen LogP contribution is 2.23. The molecule has 0 saturated heterocycles. The highest BCUT2D eigenvalue weighted by Gasteiger charge is 2.06. The van der Waals surface area contributed by atoms with Gasteiger partial charge < -0.3 is 4.74 Å². The van der Waals surface area contributed by atoms with E-state index in [0.717, 1.165) is 17.5 Å². The number of benzene rings is 2. The van der Waals surface area contributed by atoms with Gasteiger partial charge in [0.2, 0.25) is 0 Å². The van der Waals surface area contributed by atoms with Crippen LogP contribution in [-0.4, -0.2) is 20.0 Å². The van der Waals surface area contributed by atoms with Gasteiger partial charge in [0.15, 0.2) is 0 Å². The summed E-state index contributed by atoms with van der Waals surface area (Å²) in [5, 5.41) is 0. The van der Waals surface area contributed by atoms with Crippen LogP contribution in [0.1, 0.15) is 15.9 Å². The average Bonchev–Trinajstić information content (AvgIpc) is 2.45.